The van der Waals surface area contributed by atoms with Crippen molar-refractivity contribution in [2.24, 2.45) is 0 Å². The van der Waals surface area contributed by atoms with E-state index in [1.165, 1.54) is 30.3 Å². The van der Waals surface area contributed by atoms with E-state index in [4.69, 9.17) is 14.2 Å². The van der Waals surface area contributed by atoms with E-state index in [-0.39, 0.29) is 17.2 Å². The summed E-state index contributed by atoms with van der Waals surface area (Å²) in [6.07, 6.45) is 0. The standard InChI is InChI=1S/C26H27FN2O6S/c1-18-3-9-22(10-4-18)35-17-19(2)28-26(30)16-29(21-7-5-20(27)6-8-21)36(31,32)23-11-12-24-25(15-23)34-14-13-33-24/h3-12,15,19H,13-14,16-17H2,1-2H3,(H,28,30). The summed E-state index contributed by atoms with van der Waals surface area (Å²) in [6, 6.07) is 16.2. The van der Waals surface area contributed by atoms with Crippen molar-refractivity contribution in [3.63, 3.8) is 0 Å². The van der Waals surface area contributed by atoms with Crippen LogP contribution in [0.1, 0.15) is 12.5 Å². The Hall–Kier alpha value is -3.79. The average molecular weight is 515 g/mol. The molecule has 1 aliphatic rings. The number of carbonyl (C=O) groups is 1. The molecule has 1 heterocycles. The summed E-state index contributed by atoms with van der Waals surface area (Å²) < 4.78 is 58.3. The number of sulfonamides is 1. The van der Waals surface area contributed by atoms with Crippen LogP contribution in [0.25, 0.3) is 0 Å². The Labute approximate surface area is 209 Å². The number of rotatable bonds is 9. The van der Waals surface area contributed by atoms with Gasteiger partial charge in [-0.05, 0) is 62.4 Å². The molecule has 10 heteroatoms. The van der Waals surface area contributed by atoms with Crippen LogP contribution in [-0.4, -0.2) is 46.7 Å². The molecule has 1 atom stereocenters. The van der Waals surface area contributed by atoms with Gasteiger partial charge in [0.1, 0.15) is 37.9 Å². The fourth-order valence-corrected chi connectivity index (χ4v) is 5.02. The van der Waals surface area contributed by atoms with Crippen molar-refractivity contribution in [1.29, 1.82) is 0 Å². The summed E-state index contributed by atoms with van der Waals surface area (Å²) in [7, 11) is -4.21. The maximum absolute atomic E-state index is 13.6. The van der Waals surface area contributed by atoms with E-state index < -0.39 is 34.3 Å². The third-order valence-electron chi connectivity index (χ3n) is 5.43. The monoisotopic (exact) mass is 514 g/mol. The molecule has 3 aromatic carbocycles. The number of amides is 1. The number of fused-ring (bicyclic) bond motifs is 1. The Morgan fingerprint density at radius 2 is 1.69 bits per heavy atom. The van der Waals surface area contributed by atoms with Gasteiger partial charge in [-0.3, -0.25) is 9.10 Å². The van der Waals surface area contributed by atoms with Crippen molar-refractivity contribution in [2.45, 2.75) is 24.8 Å². The predicted molar refractivity (Wildman–Crippen MR) is 133 cm³/mol. The second kappa shape index (κ2) is 10.9. The van der Waals surface area contributed by atoms with E-state index in [2.05, 4.69) is 5.32 Å². The summed E-state index contributed by atoms with van der Waals surface area (Å²) in [4.78, 5) is 12.8. The lowest BCUT2D eigenvalue weighted by Gasteiger charge is -2.26. The Kier molecular flexibility index (Phi) is 7.64. The van der Waals surface area contributed by atoms with Crippen molar-refractivity contribution in [3.05, 3.63) is 78.1 Å². The Morgan fingerprint density at radius 3 is 2.39 bits per heavy atom. The number of carbonyl (C=O) groups excluding carboxylic acids is 1. The number of anilines is 1. The molecule has 0 aliphatic carbocycles. The maximum Gasteiger partial charge on any atom is 0.264 e. The van der Waals surface area contributed by atoms with Gasteiger partial charge in [0.15, 0.2) is 11.5 Å². The zero-order valence-corrected chi connectivity index (χ0v) is 20.8. The predicted octanol–water partition coefficient (Wildman–Crippen LogP) is 3.68. The van der Waals surface area contributed by atoms with Gasteiger partial charge in [-0.2, -0.15) is 0 Å². The maximum atomic E-state index is 13.6. The summed E-state index contributed by atoms with van der Waals surface area (Å²) in [5.74, 6) is 0.333. The average Bonchev–Trinajstić information content (AvgIpc) is 2.87. The molecule has 3 aromatic rings. The SMILES string of the molecule is Cc1ccc(OCC(C)NC(=O)CN(c2ccc(F)cc2)S(=O)(=O)c2ccc3c(c2)OCCO3)cc1. The molecule has 0 bridgehead atoms. The summed E-state index contributed by atoms with van der Waals surface area (Å²) >= 11 is 0. The third-order valence-corrected chi connectivity index (χ3v) is 7.20. The van der Waals surface area contributed by atoms with E-state index in [9.17, 15) is 17.6 Å². The van der Waals surface area contributed by atoms with Crippen LogP contribution in [0.3, 0.4) is 0 Å². The van der Waals surface area contributed by atoms with Gasteiger partial charge in [0, 0.05) is 6.07 Å². The quantitative estimate of drug-likeness (QED) is 0.468. The van der Waals surface area contributed by atoms with Crippen molar-refractivity contribution < 1.29 is 31.8 Å². The summed E-state index contributed by atoms with van der Waals surface area (Å²) in [5, 5.41) is 2.76. The molecule has 0 radical (unpaired) electrons. The van der Waals surface area contributed by atoms with Crippen molar-refractivity contribution in [3.8, 4) is 17.2 Å². The molecule has 0 fully saturated rings. The second-order valence-electron chi connectivity index (χ2n) is 8.39. The molecule has 0 saturated heterocycles. The normalized spacial score (nSPS) is 13.5. The molecule has 0 aromatic heterocycles. The van der Waals surface area contributed by atoms with Gasteiger partial charge in [0.05, 0.1) is 16.6 Å². The van der Waals surface area contributed by atoms with Crippen LogP contribution < -0.4 is 23.8 Å². The molecule has 36 heavy (non-hydrogen) atoms. The largest absolute Gasteiger partial charge is 0.491 e. The highest BCUT2D eigenvalue weighted by Gasteiger charge is 2.29. The Morgan fingerprint density at radius 1 is 1.03 bits per heavy atom. The number of ether oxygens (including phenoxy) is 3. The smallest absolute Gasteiger partial charge is 0.264 e. The van der Waals surface area contributed by atoms with Gasteiger partial charge in [-0.15, -0.1) is 0 Å². The van der Waals surface area contributed by atoms with E-state index in [0.29, 0.717) is 30.5 Å². The van der Waals surface area contributed by atoms with E-state index >= 15 is 0 Å². The van der Waals surface area contributed by atoms with Gasteiger partial charge in [-0.25, -0.2) is 12.8 Å². The lowest BCUT2D eigenvalue weighted by molar-refractivity contribution is -0.120. The van der Waals surface area contributed by atoms with Crippen LogP contribution in [0, 0.1) is 12.7 Å². The van der Waals surface area contributed by atoms with Crippen molar-refractivity contribution in [1.82, 2.24) is 5.32 Å². The number of benzene rings is 3. The summed E-state index contributed by atoms with van der Waals surface area (Å²) in [5.41, 5.74) is 1.24. The number of nitrogens with one attached hydrogen (secondary N) is 1. The first kappa shape index (κ1) is 25.3. The van der Waals surface area contributed by atoms with Crippen LogP contribution in [0.15, 0.2) is 71.6 Å². The number of nitrogens with zero attached hydrogens (tertiary/aromatic N) is 1. The molecule has 8 nitrogen and oxygen atoms in total. The minimum absolute atomic E-state index is 0.0837. The molecule has 4 rings (SSSR count). The molecular weight excluding hydrogens is 487 g/mol. The Bertz CT molecular complexity index is 1310. The van der Waals surface area contributed by atoms with Gasteiger partial charge in [0.25, 0.3) is 10.0 Å². The zero-order chi connectivity index (χ0) is 25.7. The molecule has 1 amide bonds. The van der Waals surface area contributed by atoms with E-state index in [1.54, 1.807) is 6.92 Å². The molecule has 0 saturated carbocycles. The van der Waals surface area contributed by atoms with Crippen molar-refractivity contribution >= 4 is 21.6 Å². The number of halogens is 1. The highest BCUT2D eigenvalue weighted by atomic mass is 32.2. The van der Waals surface area contributed by atoms with E-state index in [1.807, 2.05) is 31.2 Å². The van der Waals surface area contributed by atoms with Gasteiger partial charge >= 0.3 is 0 Å². The molecular formula is C26H27FN2O6S. The van der Waals surface area contributed by atoms with Crippen LogP contribution in [-0.2, 0) is 14.8 Å². The topological polar surface area (TPSA) is 94.2 Å². The molecule has 0 spiro atoms. The van der Waals surface area contributed by atoms with E-state index in [0.717, 1.165) is 22.0 Å². The fourth-order valence-electron chi connectivity index (χ4n) is 3.58. The lowest BCUT2D eigenvalue weighted by atomic mass is 10.2. The highest BCUT2D eigenvalue weighted by molar-refractivity contribution is 7.92. The first-order chi connectivity index (χ1) is 17.2. The molecule has 1 aliphatic heterocycles. The van der Waals surface area contributed by atoms with Crippen LogP contribution in [0.4, 0.5) is 10.1 Å². The fraction of sp³-hybridized carbons (Fsp3) is 0.269. The Balaban J connectivity index is 1.51. The van der Waals surface area contributed by atoms with Gasteiger partial charge < -0.3 is 19.5 Å². The minimum atomic E-state index is -4.21. The zero-order valence-electron chi connectivity index (χ0n) is 19.9. The lowest BCUT2D eigenvalue weighted by Crippen LogP contribution is -2.45. The third kappa shape index (κ3) is 6.06. The first-order valence-corrected chi connectivity index (χ1v) is 12.8. The van der Waals surface area contributed by atoms with Crippen molar-refractivity contribution in [2.75, 3.05) is 30.7 Å². The van der Waals surface area contributed by atoms with Crippen LogP contribution in [0.2, 0.25) is 0 Å². The van der Waals surface area contributed by atoms with Crippen LogP contribution in [0.5, 0.6) is 17.2 Å². The molecule has 1 N–H and O–H groups in total. The van der Waals surface area contributed by atoms with Gasteiger partial charge in [-0.1, -0.05) is 17.7 Å². The first-order valence-electron chi connectivity index (χ1n) is 11.4. The number of hydrogen-bond acceptors (Lipinski definition) is 6. The second-order valence-corrected chi connectivity index (χ2v) is 10.2. The number of aryl methyl sites for hydroxylation is 1. The molecule has 190 valence electrons. The molecule has 1 unspecified atom stereocenters. The highest BCUT2D eigenvalue weighted by Crippen LogP contribution is 2.34. The van der Waals surface area contributed by atoms with Crippen LogP contribution >= 0.6 is 0 Å². The number of hydrogen-bond donors (Lipinski definition) is 1. The minimum Gasteiger partial charge on any atom is -0.491 e. The summed E-state index contributed by atoms with van der Waals surface area (Å²) in [6.45, 7) is 4.07. The van der Waals surface area contributed by atoms with Gasteiger partial charge in [0.2, 0.25) is 5.91 Å².